The Hall–Kier alpha value is -2.15. The first-order chi connectivity index (χ1) is 11.7. The van der Waals surface area contributed by atoms with Crippen LogP contribution in [-0.4, -0.2) is 47.3 Å². The molecule has 1 unspecified atom stereocenters. The fourth-order valence-corrected chi connectivity index (χ4v) is 3.51. The van der Waals surface area contributed by atoms with Gasteiger partial charge in [-0.3, -0.25) is 14.5 Å². The number of carbonyl (C=O) groups excluding carboxylic acids is 3. The van der Waals surface area contributed by atoms with Crippen molar-refractivity contribution in [1.29, 1.82) is 0 Å². The maximum atomic E-state index is 12.9. The molecule has 0 radical (unpaired) electrons. The van der Waals surface area contributed by atoms with E-state index in [1.54, 1.807) is 30.0 Å². The Morgan fingerprint density at radius 3 is 2.56 bits per heavy atom. The van der Waals surface area contributed by atoms with Gasteiger partial charge < -0.3 is 10.2 Å². The Kier molecular flexibility index (Phi) is 5.67. The summed E-state index contributed by atoms with van der Waals surface area (Å²) in [5.41, 5.74) is 0.283. The second-order valence-electron chi connectivity index (χ2n) is 6.29. The molecule has 0 saturated carbocycles. The number of rotatable bonds is 6. The average molecular weight is 408 g/mol. The lowest BCUT2D eigenvalue weighted by Gasteiger charge is -2.25. The zero-order chi connectivity index (χ0) is 18.8. The number of hydrogen-bond acceptors (Lipinski definition) is 3. The van der Waals surface area contributed by atoms with E-state index in [1.165, 1.54) is 0 Å². The van der Waals surface area contributed by atoms with Gasteiger partial charge in [0.1, 0.15) is 12.1 Å². The predicted octanol–water partition coefficient (Wildman–Crippen LogP) is 2.64. The van der Waals surface area contributed by atoms with Gasteiger partial charge in [0, 0.05) is 23.1 Å². The summed E-state index contributed by atoms with van der Waals surface area (Å²) in [5, 5.41) is 2.71. The molecule has 1 atom stereocenters. The molecule has 4 amide bonds. The van der Waals surface area contributed by atoms with Gasteiger partial charge in [-0.25, -0.2) is 4.79 Å². The largest absolute Gasteiger partial charge is 0.337 e. The van der Waals surface area contributed by atoms with Crippen molar-refractivity contribution in [2.75, 3.05) is 19.6 Å². The first-order valence-electron chi connectivity index (χ1n) is 8.02. The smallest absolute Gasteiger partial charge is 0.325 e. The quantitative estimate of drug-likeness (QED) is 0.581. The lowest BCUT2D eigenvalue weighted by molar-refractivity contribution is -0.138. The van der Waals surface area contributed by atoms with Gasteiger partial charge in [-0.15, -0.1) is 0 Å². The molecule has 6 nitrogen and oxygen atoms in total. The van der Waals surface area contributed by atoms with E-state index >= 15 is 0 Å². The molecule has 1 aliphatic rings. The minimum absolute atomic E-state index is 0.286. The Labute approximate surface area is 156 Å². The molecule has 1 heterocycles. The molecule has 1 aliphatic heterocycles. The zero-order valence-electron chi connectivity index (χ0n) is 14.6. The van der Waals surface area contributed by atoms with E-state index in [2.05, 4.69) is 27.8 Å². The number of amides is 4. The number of carbonyl (C=O) groups is 3. The van der Waals surface area contributed by atoms with Crippen LogP contribution in [0.2, 0.25) is 0 Å². The number of imide groups is 1. The molecule has 25 heavy (non-hydrogen) atoms. The third kappa shape index (κ3) is 3.76. The third-order valence-electron chi connectivity index (χ3n) is 4.18. The van der Waals surface area contributed by atoms with Crippen LogP contribution in [0.4, 0.5) is 4.79 Å². The van der Waals surface area contributed by atoms with Crippen molar-refractivity contribution in [2.24, 2.45) is 0 Å². The van der Waals surface area contributed by atoms with Crippen molar-refractivity contribution >= 4 is 33.8 Å². The zero-order valence-corrected chi connectivity index (χ0v) is 16.2. The summed E-state index contributed by atoms with van der Waals surface area (Å²) in [6, 6.07) is 6.63. The summed E-state index contributed by atoms with van der Waals surface area (Å²) in [5.74, 6) is -0.727. The van der Waals surface area contributed by atoms with E-state index in [1.807, 2.05) is 19.9 Å². The number of nitrogens with one attached hydrogen (secondary N) is 1. The molecule has 1 N–H and O–H groups in total. The highest BCUT2D eigenvalue weighted by molar-refractivity contribution is 9.10. The van der Waals surface area contributed by atoms with Crippen LogP contribution in [0.3, 0.4) is 0 Å². The number of urea groups is 1. The second kappa shape index (κ2) is 7.39. The molecule has 0 aliphatic carbocycles. The average Bonchev–Trinajstić information content (AvgIpc) is 2.76. The van der Waals surface area contributed by atoms with Crippen LogP contribution in [0.1, 0.15) is 26.3 Å². The highest BCUT2D eigenvalue weighted by atomic mass is 79.9. The van der Waals surface area contributed by atoms with Crippen molar-refractivity contribution in [2.45, 2.75) is 26.3 Å². The lowest BCUT2D eigenvalue weighted by atomic mass is 9.92. The van der Waals surface area contributed by atoms with Gasteiger partial charge in [-0.05, 0) is 26.8 Å². The van der Waals surface area contributed by atoms with Gasteiger partial charge >= 0.3 is 6.03 Å². The van der Waals surface area contributed by atoms with E-state index < -0.39 is 17.5 Å². The molecule has 0 aromatic heterocycles. The summed E-state index contributed by atoms with van der Waals surface area (Å²) >= 11 is 3.41. The number of likely N-dealkylation sites (N-methyl/N-ethyl adjacent to an activating group) is 1. The summed E-state index contributed by atoms with van der Waals surface area (Å²) < 4.78 is 0.719. The molecule has 1 saturated heterocycles. The molecule has 0 bridgehead atoms. The van der Waals surface area contributed by atoms with E-state index in [4.69, 9.17) is 0 Å². The van der Waals surface area contributed by atoms with Crippen molar-refractivity contribution in [3.05, 3.63) is 46.5 Å². The van der Waals surface area contributed by atoms with Crippen LogP contribution in [0.15, 0.2) is 40.9 Å². The maximum Gasteiger partial charge on any atom is 0.325 e. The molecule has 7 heteroatoms. The molecule has 1 fully saturated rings. The Morgan fingerprint density at radius 2 is 2.00 bits per heavy atom. The first-order valence-corrected chi connectivity index (χ1v) is 8.81. The molecule has 1 aromatic carbocycles. The summed E-state index contributed by atoms with van der Waals surface area (Å²) in [6.07, 6.45) is 0. The molecule has 2 rings (SSSR count). The molecular weight excluding hydrogens is 386 g/mol. The van der Waals surface area contributed by atoms with Gasteiger partial charge in [0.15, 0.2) is 0 Å². The number of hydrogen-bond donors (Lipinski definition) is 1. The van der Waals surface area contributed by atoms with E-state index in [-0.39, 0.29) is 12.5 Å². The van der Waals surface area contributed by atoms with Crippen molar-refractivity contribution in [3.8, 4) is 0 Å². The van der Waals surface area contributed by atoms with Crippen LogP contribution in [0, 0.1) is 0 Å². The first kappa shape index (κ1) is 19.2. The SMILES string of the molecule is C=C(C)CN(CC)C(=O)CN1C(=O)NC(C)(c2ccccc2Br)C1=O. The van der Waals surface area contributed by atoms with Gasteiger partial charge in [-0.2, -0.15) is 0 Å². The molecule has 0 spiro atoms. The minimum Gasteiger partial charge on any atom is -0.337 e. The van der Waals surface area contributed by atoms with Crippen LogP contribution in [0.25, 0.3) is 0 Å². The normalized spacial score (nSPS) is 19.8. The van der Waals surface area contributed by atoms with Crippen molar-refractivity contribution in [1.82, 2.24) is 15.1 Å². The Morgan fingerprint density at radius 1 is 1.36 bits per heavy atom. The lowest BCUT2D eigenvalue weighted by Crippen LogP contribution is -2.45. The summed E-state index contributed by atoms with van der Waals surface area (Å²) in [7, 11) is 0. The highest BCUT2D eigenvalue weighted by Gasteiger charge is 2.50. The van der Waals surface area contributed by atoms with Crippen molar-refractivity contribution in [3.63, 3.8) is 0 Å². The Balaban J connectivity index is 2.23. The fraction of sp³-hybridized carbons (Fsp3) is 0.389. The summed E-state index contributed by atoms with van der Waals surface area (Å²) in [4.78, 5) is 40.3. The van der Waals surface area contributed by atoms with Crippen molar-refractivity contribution < 1.29 is 14.4 Å². The topological polar surface area (TPSA) is 69.7 Å². The second-order valence-corrected chi connectivity index (χ2v) is 7.15. The highest BCUT2D eigenvalue weighted by Crippen LogP contribution is 2.33. The van der Waals surface area contributed by atoms with E-state index in [0.717, 1.165) is 14.9 Å². The summed E-state index contributed by atoms with van der Waals surface area (Å²) in [6.45, 7) is 9.72. The van der Waals surface area contributed by atoms with Gasteiger partial charge in [0.25, 0.3) is 5.91 Å². The Bertz CT molecular complexity index is 734. The maximum absolute atomic E-state index is 12.9. The molecular formula is C18H22BrN3O3. The number of halogens is 1. The number of benzene rings is 1. The van der Waals surface area contributed by atoms with Gasteiger partial charge in [0.05, 0.1) is 0 Å². The number of nitrogens with zero attached hydrogens (tertiary/aromatic N) is 2. The molecule has 1 aromatic rings. The van der Waals surface area contributed by atoms with Crippen LogP contribution in [0.5, 0.6) is 0 Å². The van der Waals surface area contributed by atoms with Gasteiger partial charge in [0.2, 0.25) is 5.91 Å². The van der Waals surface area contributed by atoms with Crippen LogP contribution < -0.4 is 5.32 Å². The third-order valence-corrected chi connectivity index (χ3v) is 4.87. The van der Waals surface area contributed by atoms with E-state index in [0.29, 0.717) is 18.7 Å². The standard InChI is InChI=1S/C18H22BrN3O3/c1-5-21(10-12(2)3)15(23)11-22-16(24)18(4,20-17(22)25)13-8-6-7-9-14(13)19/h6-9H,2,5,10-11H2,1,3-4H3,(H,20,25). The fourth-order valence-electron chi connectivity index (χ4n) is 2.83. The van der Waals surface area contributed by atoms with Crippen LogP contribution >= 0.6 is 15.9 Å². The monoisotopic (exact) mass is 407 g/mol. The van der Waals surface area contributed by atoms with E-state index in [9.17, 15) is 14.4 Å². The van der Waals surface area contributed by atoms with Gasteiger partial charge in [-0.1, -0.05) is 46.3 Å². The van der Waals surface area contributed by atoms with Crippen LogP contribution in [-0.2, 0) is 15.1 Å². The minimum atomic E-state index is -1.21. The molecule has 134 valence electrons. The predicted molar refractivity (Wildman–Crippen MR) is 98.8 cm³/mol.